The summed E-state index contributed by atoms with van der Waals surface area (Å²) >= 11 is 5.76. The molecular weight excluding hydrogens is 265 g/mol. The molecule has 19 heavy (non-hydrogen) atoms. The van der Waals surface area contributed by atoms with Crippen LogP contribution in [-0.2, 0) is 0 Å². The Bertz CT molecular complexity index is 419. The predicted molar refractivity (Wildman–Crippen MR) is 77.3 cm³/mol. The molecule has 1 unspecified atom stereocenters. The van der Waals surface area contributed by atoms with Crippen molar-refractivity contribution in [2.75, 3.05) is 18.0 Å². The molecule has 0 spiro atoms. The Morgan fingerprint density at radius 2 is 2.32 bits per heavy atom. The van der Waals surface area contributed by atoms with Crippen molar-refractivity contribution < 1.29 is 4.39 Å². The number of aromatic nitrogens is 1. The third-order valence-electron chi connectivity index (χ3n) is 3.51. The molecule has 1 saturated heterocycles. The van der Waals surface area contributed by atoms with E-state index in [0.717, 1.165) is 19.5 Å². The van der Waals surface area contributed by atoms with Crippen LogP contribution in [0.25, 0.3) is 0 Å². The molecule has 1 aromatic heterocycles. The first-order valence-corrected chi connectivity index (χ1v) is 7.27. The van der Waals surface area contributed by atoms with Crippen molar-refractivity contribution >= 4 is 17.4 Å². The number of halogens is 2. The number of rotatable bonds is 4. The minimum atomic E-state index is -0.350. The van der Waals surface area contributed by atoms with Crippen LogP contribution in [-0.4, -0.2) is 30.2 Å². The van der Waals surface area contributed by atoms with E-state index < -0.39 is 0 Å². The van der Waals surface area contributed by atoms with Crippen LogP contribution in [0.2, 0.25) is 5.02 Å². The average Bonchev–Trinajstić information content (AvgIpc) is 2.38. The molecule has 1 aliphatic heterocycles. The lowest BCUT2D eigenvalue weighted by Crippen LogP contribution is -2.46. The van der Waals surface area contributed by atoms with Crippen LogP contribution in [0.4, 0.5) is 10.2 Å². The van der Waals surface area contributed by atoms with E-state index in [4.69, 9.17) is 11.6 Å². The molecule has 106 valence electrons. The van der Waals surface area contributed by atoms with Gasteiger partial charge in [-0.25, -0.2) is 9.37 Å². The summed E-state index contributed by atoms with van der Waals surface area (Å²) in [6, 6.07) is 1.94. The number of hydrogen-bond acceptors (Lipinski definition) is 3. The Kier molecular flexibility index (Phi) is 4.99. The third kappa shape index (κ3) is 3.80. The van der Waals surface area contributed by atoms with Crippen molar-refractivity contribution in [1.29, 1.82) is 0 Å². The van der Waals surface area contributed by atoms with Gasteiger partial charge in [0.25, 0.3) is 0 Å². The summed E-state index contributed by atoms with van der Waals surface area (Å²) in [5, 5.41) is 3.82. The summed E-state index contributed by atoms with van der Waals surface area (Å²) in [5.74, 6) is 0.0452. The van der Waals surface area contributed by atoms with Gasteiger partial charge in [0.1, 0.15) is 0 Å². The number of nitrogens with one attached hydrogen (secondary N) is 1. The second-order valence-corrected chi connectivity index (χ2v) is 5.79. The van der Waals surface area contributed by atoms with Crippen LogP contribution in [0.1, 0.15) is 33.1 Å². The molecule has 2 heterocycles. The number of pyridine rings is 1. The quantitative estimate of drug-likeness (QED) is 0.921. The summed E-state index contributed by atoms with van der Waals surface area (Å²) in [6.07, 6.45) is 5.11. The average molecular weight is 286 g/mol. The second-order valence-electron chi connectivity index (χ2n) is 5.35. The van der Waals surface area contributed by atoms with Crippen LogP contribution >= 0.6 is 11.6 Å². The van der Waals surface area contributed by atoms with Crippen LogP contribution in [0.3, 0.4) is 0 Å². The maximum absolute atomic E-state index is 14.0. The molecule has 0 bridgehead atoms. The van der Waals surface area contributed by atoms with E-state index in [-0.39, 0.29) is 11.9 Å². The Morgan fingerprint density at radius 1 is 1.53 bits per heavy atom. The molecule has 0 aliphatic carbocycles. The Labute approximate surface area is 119 Å². The van der Waals surface area contributed by atoms with Crippen LogP contribution < -0.4 is 10.2 Å². The van der Waals surface area contributed by atoms with Gasteiger partial charge in [-0.1, -0.05) is 18.0 Å². The fourth-order valence-corrected chi connectivity index (χ4v) is 2.62. The van der Waals surface area contributed by atoms with Gasteiger partial charge in [-0.2, -0.15) is 0 Å². The van der Waals surface area contributed by atoms with Crippen molar-refractivity contribution in [3.8, 4) is 0 Å². The second kappa shape index (κ2) is 6.53. The van der Waals surface area contributed by atoms with E-state index in [1.807, 2.05) is 4.90 Å². The summed E-state index contributed by atoms with van der Waals surface area (Å²) < 4.78 is 14.0. The first-order valence-electron chi connectivity index (χ1n) is 6.89. The first-order chi connectivity index (χ1) is 9.08. The van der Waals surface area contributed by atoms with E-state index in [1.54, 1.807) is 0 Å². The van der Waals surface area contributed by atoms with E-state index in [1.165, 1.54) is 25.1 Å². The highest BCUT2D eigenvalue weighted by molar-refractivity contribution is 6.30. The molecule has 0 saturated carbocycles. The monoisotopic (exact) mass is 285 g/mol. The topological polar surface area (TPSA) is 28.2 Å². The standard InChI is InChI=1S/C14H21ClFN3/c1-10(2)19(9-12-5-3-4-6-17-12)14-13(16)7-11(15)8-18-14/h7-8,10,12,17H,3-6,9H2,1-2H3. The predicted octanol–water partition coefficient (Wildman–Crippen LogP) is 3.23. The van der Waals surface area contributed by atoms with Crippen molar-refractivity contribution in [2.45, 2.75) is 45.2 Å². The third-order valence-corrected chi connectivity index (χ3v) is 3.72. The maximum atomic E-state index is 14.0. The number of hydrogen-bond donors (Lipinski definition) is 1. The molecule has 1 aliphatic rings. The van der Waals surface area contributed by atoms with Gasteiger partial charge in [0.05, 0.1) is 5.02 Å². The summed E-state index contributed by atoms with van der Waals surface area (Å²) in [5.41, 5.74) is 0. The number of anilines is 1. The van der Waals surface area contributed by atoms with Crippen molar-refractivity contribution in [3.63, 3.8) is 0 Å². The van der Waals surface area contributed by atoms with Gasteiger partial charge in [-0.05, 0) is 39.3 Å². The zero-order valence-electron chi connectivity index (χ0n) is 11.5. The number of piperidine rings is 1. The minimum Gasteiger partial charge on any atom is -0.350 e. The first kappa shape index (κ1) is 14.5. The van der Waals surface area contributed by atoms with Gasteiger partial charge < -0.3 is 10.2 Å². The molecule has 0 radical (unpaired) electrons. The SMILES string of the molecule is CC(C)N(CC1CCCCN1)c1ncc(Cl)cc1F. The molecule has 3 nitrogen and oxygen atoms in total. The normalized spacial score (nSPS) is 19.7. The van der Waals surface area contributed by atoms with Gasteiger partial charge in [-0.3, -0.25) is 0 Å². The number of nitrogens with zero attached hydrogens (tertiary/aromatic N) is 2. The maximum Gasteiger partial charge on any atom is 0.167 e. The van der Waals surface area contributed by atoms with Gasteiger partial charge in [0.2, 0.25) is 0 Å². The molecule has 1 atom stereocenters. The zero-order chi connectivity index (χ0) is 13.8. The fraction of sp³-hybridized carbons (Fsp3) is 0.643. The van der Waals surface area contributed by atoms with E-state index in [0.29, 0.717) is 16.9 Å². The smallest absolute Gasteiger partial charge is 0.167 e. The molecule has 5 heteroatoms. The molecule has 1 fully saturated rings. The Balaban J connectivity index is 2.14. The molecule has 2 rings (SSSR count). The molecule has 0 aromatic carbocycles. The van der Waals surface area contributed by atoms with Crippen molar-refractivity contribution in [2.24, 2.45) is 0 Å². The summed E-state index contributed by atoms with van der Waals surface area (Å²) in [7, 11) is 0. The lowest BCUT2D eigenvalue weighted by molar-refractivity contribution is 0.391. The molecular formula is C14H21ClFN3. The van der Waals surface area contributed by atoms with Crippen LogP contribution in [0.5, 0.6) is 0 Å². The van der Waals surface area contributed by atoms with E-state index >= 15 is 0 Å². The minimum absolute atomic E-state index is 0.201. The highest BCUT2D eigenvalue weighted by Gasteiger charge is 2.22. The highest BCUT2D eigenvalue weighted by atomic mass is 35.5. The van der Waals surface area contributed by atoms with Crippen molar-refractivity contribution in [3.05, 3.63) is 23.1 Å². The summed E-state index contributed by atoms with van der Waals surface area (Å²) in [6.45, 7) is 5.94. The summed E-state index contributed by atoms with van der Waals surface area (Å²) in [4.78, 5) is 6.16. The van der Waals surface area contributed by atoms with Gasteiger partial charge in [-0.15, -0.1) is 0 Å². The molecule has 0 amide bonds. The lowest BCUT2D eigenvalue weighted by Gasteiger charge is -2.34. The van der Waals surface area contributed by atoms with Gasteiger partial charge in [0.15, 0.2) is 11.6 Å². The molecule has 1 N–H and O–H groups in total. The zero-order valence-corrected chi connectivity index (χ0v) is 12.3. The molecule has 1 aromatic rings. The largest absolute Gasteiger partial charge is 0.350 e. The van der Waals surface area contributed by atoms with Gasteiger partial charge >= 0.3 is 0 Å². The van der Waals surface area contributed by atoms with Crippen LogP contribution in [0, 0.1) is 5.82 Å². The Morgan fingerprint density at radius 3 is 2.89 bits per heavy atom. The van der Waals surface area contributed by atoms with E-state index in [2.05, 4.69) is 24.1 Å². The highest BCUT2D eigenvalue weighted by Crippen LogP contribution is 2.22. The van der Waals surface area contributed by atoms with Crippen molar-refractivity contribution in [1.82, 2.24) is 10.3 Å². The fourth-order valence-electron chi connectivity index (χ4n) is 2.48. The van der Waals surface area contributed by atoms with Gasteiger partial charge in [0, 0.05) is 24.8 Å². The Hall–Kier alpha value is -0.870. The lowest BCUT2D eigenvalue weighted by atomic mass is 10.0. The van der Waals surface area contributed by atoms with E-state index in [9.17, 15) is 4.39 Å². The van der Waals surface area contributed by atoms with Crippen LogP contribution in [0.15, 0.2) is 12.3 Å².